The molecule has 0 aromatic carbocycles. The summed E-state index contributed by atoms with van der Waals surface area (Å²) in [5, 5.41) is 10.8. The lowest BCUT2D eigenvalue weighted by Gasteiger charge is -2.19. The van der Waals surface area contributed by atoms with Gasteiger partial charge in [0.1, 0.15) is 11.5 Å². The van der Waals surface area contributed by atoms with E-state index >= 15 is 0 Å². The van der Waals surface area contributed by atoms with Crippen LogP contribution in [0.5, 0.6) is 0 Å². The second-order valence-corrected chi connectivity index (χ2v) is 6.30. The van der Waals surface area contributed by atoms with Gasteiger partial charge in [0.05, 0.1) is 6.20 Å². The first-order valence-corrected chi connectivity index (χ1v) is 7.40. The minimum Gasteiger partial charge on any atom is -0.460 e. The second kappa shape index (κ2) is 5.09. The van der Waals surface area contributed by atoms with E-state index in [9.17, 15) is 0 Å². The van der Waals surface area contributed by atoms with E-state index in [0.717, 1.165) is 36.2 Å². The van der Waals surface area contributed by atoms with E-state index in [4.69, 9.17) is 4.42 Å². The standard InChI is InChI=1S/C16H23N3O/c1-11(2)16(6-7-16)10-17-8-13-9-18-19-15(13)14-5-4-12(3)20-14/h4-5,9,11,17H,6-8,10H2,1-3H3,(H,18,19). The Bertz CT molecular complexity index is 578. The Hall–Kier alpha value is -1.55. The summed E-state index contributed by atoms with van der Waals surface area (Å²) in [4.78, 5) is 0. The summed E-state index contributed by atoms with van der Waals surface area (Å²) in [5.74, 6) is 2.54. The molecule has 0 radical (unpaired) electrons. The third kappa shape index (κ3) is 2.52. The van der Waals surface area contributed by atoms with Gasteiger partial charge in [-0.05, 0) is 43.2 Å². The molecule has 2 aromatic rings. The summed E-state index contributed by atoms with van der Waals surface area (Å²) in [6.07, 6.45) is 4.59. The molecule has 2 N–H and O–H groups in total. The summed E-state index contributed by atoms with van der Waals surface area (Å²) in [6, 6.07) is 3.97. The van der Waals surface area contributed by atoms with Gasteiger partial charge in [-0.15, -0.1) is 0 Å². The van der Waals surface area contributed by atoms with Crippen molar-refractivity contribution in [3.05, 3.63) is 29.7 Å². The second-order valence-electron chi connectivity index (χ2n) is 6.30. The molecular formula is C16H23N3O. The first-order chi connectivity index (χ1) is 9.61. The SMILES string of the molecule is Cc1ccc(-c2[nH]ncc2CNCC2(C(C)C)CC2)o1. The van der Waals surface area contributed by atoms with Crippen LogP contribution >= 0.6 is 0 Å². The largest absolute Gasteiger partial charge is 0.460 e. The third-order valence-electron chi connectivity index (χ3n) is 4.61. The van der Waals surface area contributed by atoms with Crippen LogP contribution in [-0.4, -0.2) is 16.7 Å². The van der Waals surface area contributed by atoms with Gasteiger partial charge in [-0.2, -0.15) is 5.10 Å². The van der Waals surface area contributed by atoms with E-state index in [2.05, 4.69) is 29.4 Å². The quantitative estimate of drug-likeness (QED) is 0.847. The number of hydrogen-bond donors (Lipinski definition) is 2. The van der Waals surface area contributed by atoms with Gasteiger partial charge in [-0.3, -0.25) is 5.10 Å². The first kappa shape index (κ1) is 13.4. The fourth-order valence-electron chi connectivity index (χ4n) is 2.79. The highest BCUT2D eigenvalue weighted by Crippen LogP contribution is 2.51. The molecule has 4 heteroatoms. The number of aromatic amines is 1. The molecule has 1 aliphatic carbocycles. The molecule has 2 aromatic heterocycles. The summed E-state index contributed by atoms with van der Waals surface area (Å²) >= 11 is 0. The van der Waals surface area contributed by atoms with Crippen LogP contribution < -0.4 is 5.32 Å². The Balaban J connectivity index is 1.63. The minimum absolute atomic E-state index is 0.533. The van der Waals surface area contributed by atoms with Gasteiger partial charge in [-0.25, -0.2) is 0 Å². The Morgan fingerprint density at radius 2 is 2.20 bits per heavy atom. The summed E-state index contributed by atoms with van der Waals surface area (Å²) in [6.45, 7) is 8.52. The highest BCUT2D eigenvalue weighted by Gasteiger charge is 2.44. The van der Waals surface area contributed by atoms with Crippen LogP contribution in [-0.2, 0) is 6.54 Å². The number of nitrogens with one attached hydrogen (secondary N) is 2. The van der Waals surface area contributed by atoms with Gasteiger partial charge in [0.15, 0.2) is 5.76 Å². The zero-order chi connectivity index (χ0) is 14.2. The molecule has 0 aliphatic heterocycles. The average molecular weight is 273 g/mol. The van der Waals surface area contributed by atoms with Gasteiger partial charge in [0, 0.05) is 18.7 Å². The normalized spacial score (nSPS) is 16.8. The highest BCUT2D eigenvalue weighted by molar-refractivity contribution is 5.56. The number of aryl methyl sites for hydroxylation is 1. The molecule has 1 aliphatic rings. The van der Waals surface area contributed by atoms with Crippen molar-refractivity contribution in [2.45, 2.75) is 40.2 Å². The molecular weight excluding hydrogens is 250 g/mol. The van der Waals surface area contributed by atoms with Crippen molar-refractivity contribution < 1.29 is 4.42 Å². The van der Waals surface area contributed by atoms with Crippen molar-refractivity contribution in [1.82, 2.24) is 15.5 Å². The van der Waals surface area contributed by atoms with Crippen LogP contribution in [0.1, 0.15) is 38.0 Å². The van der Waals surface area contributed by atoms with Gasteiger partial charge in [0.25, 0.3) is 0 Å². The van der Waals surface area contributed by atoms with Gasteiger partial charge >= 0.3 is 0 Å². The van der Waals surface area contributed by atoms with Gasteiger partial charge in [0.2, 0.25) is 0 Å². The van der Waals surface area contributed by atoms with E-state index in [-0.39, 0.29) is 0 Å². The summed E-state index contributed by atoms with van der Waals surface area (Å²) in [5.41, 5.74) is 2.68. The maximum absolute atomic E-state index is 5.67. The zero-order valence-electron chi connectivity index (χ0n) is 12.5. The molecule has 0 atom stereocenters. The van der Waals surface area contributed by atoms with Crippen LogP contribution in [0, 0.1) is 18.3 Å². The summed E-state index contributed by atoms with van der Waals surface area (Å²) in [7, 11) is 0. The van der Waals surface area contributed by atoms with Gasteiger partial charge < -0.3 is 9.73 Å². The molecule has 3 rings (SSSR count). The van der Waals surface area contributed by atoms with Crippen LogP contribution in [0.15, 0.2) is 22.7 Å². The smallest absolute Gasteiger partial charge is 0.152 e. The van der Waals surface area contributed by atoms with Crippen LogP contribution in [0.3, 0.4) is 0 Å². The number of furan rings is 1. The molecule has 1 fully saturated rings. The fraction of sp³-hybridized carbons (Fsp3) is 0.562. The topological polar surface area (TPSA) is 53.9 Å². The Labute approximate surface area is 120 Å². The highest BCUT2D eigenvalue weighted by atomic mass is 16.3. The monoisotopic (exact) mass is 273 g/mol. The predicted octanol–water partition coefficient (Wildman–Crippen LogP) is 3.50. The van der Waals surface area contributed by atoms with Crippen molar-refractivity contribution in [2.75, 3.05) is 6.54 Å². The fourth-order valence-corrected chi connectivity index (χ4v) is 2.79. The molecule has 2 heterocycles. The van der Waals surface area contributed by atoms with Crippen molar-refractivity contribution in [3.63, 3.8) is 0 Å². The van der Waals surface area contributed by atoms with E-state index in [1.165, 1.54) is 18.4 Å². The van der Waals surface area contributed by atoms with Crippen molar-refractivity contribution in [3.8, 4) is 11.5 Å². The lowest BCUT2D eigenvalue weighted by molar-refractivity contribution is 0.338. The zero-order valence-corrected chi connectivity index (χ0v) is 12.5. The van der Waals surface area contributed by atoms with E-state index in [1.54, 1.807) is 0 Å². The van der Waals surface area contributed by atoms with Crippen LogP contribution in [0.25, 0.3) is 11.5 Å². The number of hydrogen-bond acceptors (Lipinski definition) is 3. The number of nitrogens with zero attached hydrogens (tertiary/aromatic N) is 1. The number of H-pyrrole nitrogens is 1. The maximum atomic E-state index is 5.67. The van der Waals surface area contributed by atoms with E-state index < -0.39 is 0 Å². The Morgan fingerprint density at radius 3 is 2.80 bits per heavy atom. The number of aromatic nitrogens is 2. The van der Waals surface area contributed by atoms with E-state index in [1.807, 2.05) is 25.3 Å². The maximum Gasteiger partial charge on any atom is 0.152 e. The van der Waals surface area contributed by atoms with E-state index in [0.29, 0.717) is 5.41 Å². The molecule has 0 unspecified atom stereocenters. The lowest BCUT2D eigenvalue weighted by atomic mass is 9.92. The van der Waals surface area contributed by atoms with Crippen molar-refractivity contribution in [2.24, 2.45) is 11.3 Å². The lowest BCUT2D eigenvalue weighted by Crippen LogP contribution is -2.27. The molecule has 108 valence electrons. The van der Waals surface area contributed by atoms with Crippen molar-refractivity contribution >= 4 is 0 Å². The molecule has 4 nitrogen and oxygen atoms in total. The Kier molecular flexibility index (Phi) is 3.42. The Morgan fingerprint density at radius 1 is 1.40 bits per heavy atom. The van der Waals surface area contributed by atoms with Crippen LogP contribution in [0.4, 0.5) is 0 Å². The third-order valence-corrected chi connectivity index (χ3v) is 4.61. The summed E-state index contributed by atoms with van der Waals surface area (Å²) < 4.78 is 5.67. The first-order valence-electron chi connectivity index (χ1n) is 7.40. The predicted molar refractivity (Wildman–Crippen MR) is 79.2 cm³/mol. The van der Waals surface area contributed by atoms with Crippen LogP contribution in [0.2, 0.25) is 0 Å². The molecule has 0 amide bonds. The van der Waals surface area contributed by atoms with Crippen molar-refractivity contribution in [1.29, 1.82) is 0 Å². The minimum atomic E-state index is 0.533. The average Bonchev–Trinajstić information content (AvgIpc) is 2.85. The molecule has 0 saturated heterocycles. The molecule has 1 saturated carbocycles. The molecule has 0 spiro atoms. The van der Waals surface area contributed by atoms with Gasteiger partial charge in [-0.1, -0.05) is 13.8 Å². The molecule has 0 bridgehead atoms. The number of rotatable bonds is 6. The molecule has 20 heavy (non-hydrogen) atoms.